The number of aliphatic hydroxyl groups is 1. The van der Waals surface area contributed by atoms with Crippen molar-refractivity contribution in [1.82, 2.24) is 4.98 Å². The first-order chi connectivity index (χ1) is 20.9. The smallest absolute Gasteiger partial charge is 0.301 e. The maximum absolute atomic E-state index is 13.7. The third-order valence-electron chi connectivity index (χ3n) is 6.79. The molecule has 224 valence electrons. The predicted molar refractivity (Wildman–Crippen MR) is 167 cm³/mol. The molecule has 10 heteroatoms. The lowest BCUT2D eigenvalue weighted by molar-refractivity contribution is -0.132. The number of amides is 1. The Morgan fingerprint density at radius 3 is 2.23 bits per heavy atom. The van der Waals surface area contributed by atoms with Crippen LogP contribution in [0.5, 0.6) is 23.0 Å². The van der Waals surface area contributed by atoms with Gasteiger partial charge in [0.1, 0.15) is 17.3 Å². The number of ether oxygens (including phenoxy) is 4. The van der Waals surface area contributed by atoms with Crippen LogP contribution in [-0.4, -0.2) is 48.2 Å². The Balaban J connectivity index is 1.67. The van der Waals surface area contributed by atoms with Crippen molar-refractivity contribution in [2.75, 3.05) is 31.3 Å². The lowest BCUT2D eigenvalue weighted by Gasteiger charge is -2.24. The van der Waals surface area contributed by atoms with E-state index in [9.17, 15) is 14.7 Å². The number of aliphatic hydroxyl groups excluding tert-OH is 1. The molecule has 0 radical (unpaired) electrons. The Labute approximate surface area is 254 Å². The van der Waals surface area contributed by atoms with Crippen LogP contribution in [0, 0.1) is 0 Å². The molecule has 1 N–H and O–H groups in total. The topological polar surface area (TPSA) is 107 Å². The van der Waals surface area contributed by atoms with E-state index in [0.717, 1.165) is 11.1 Å². The molecule has 1 aromatic heterocycles. The Kier molecular flexibility index (Phi) is 9.16. The number of thiazole rings is 1. The van der Waals surface area contributed by atoms with Gasteiger partial charge in [-0.3, -0.25) is 14.5 Å². The number of carbonyl (C=O) groups excluding carboxylic acids is 2. The second-order valence-electron chi connectivity index (χ2n) is 9.67. The molecule has 43 heavy (non-hydrogen) atoms. The van der Waals surface area contributed by atoms with Gasteiger partial charge in [-0.25, -0.2) is 4.98 Å². The van der Waals surface area contributed by atoms with Gasteiger partial charge in [0, 0.05) is 5.56 Å². The summed E-state index contributed by atoms with van der Waals surface area (Å²) in [5.41, 5.74) is 1.56. The molecule has 1 unspecified atom stereocenters. The average Bonchev–Trinajstić information content (AvgIpc) is 3.54. The third-order valence-corrected chi connectivity index (χ3v) is 7.81. The summed E-state index contributed by atoms with van der Waals surface area (Å²) in [4.78, 5) is 33.5. The number of ketones is 1. The summed E-state index contributed by atoms with van der Waals surface area (Å²) in [6.45, 7) is 9.55. The summed E-state index contributed by atoms with van der Waals surface area (Å²) in [5.74, 6) is 0.443. The maximum atomic E-state index is 13.7. The van der Waals surface area contributed by atoms with Crippen molar-refractivity contribution in [3.63, 3.8) is 0 Å². The van der Waals surface area contributed by atoms with Gasteiger partial charge < -0.3 is 24.1 Å². The van der Waals surface area contributed by atoms with Crippen LogP contribution in [0.3, 0.4) is 0 Å². The molecule has 1 atom stereocenters. The van der Waals surface area contributed by atoms with Crippen LogP contribution in [0.1, 0.15) is 51.3 Å². The number of benzene rings is 3. The molecule has 0 spiro atoms. The number of anilines is 1. The van der Waals surface area contributed by atoms with Crippen LogP contribution < -0.4 is 23.8 Å². The fourth-order valence-corrected chi connectivity index (χ4v) is 5.94. The van der Waals surface area contributed by atoms with E-state index in [2.05, 4.69) is 0 Å². The first-order valence-electron chi connectivity index (χ1n) is 14.4. The lowest BCUT2D eigenvalue weighted by atomic mass is 9.95. The quantitative estimate of drug-likeness (QED) is 0.106. The Bertz CT molecular complexity index is 1660. The molecule has 3 aromatic carbocycles. The zero-order valence-corrected chi connectivity index (χ0v) is 25.4. The second-order valence-corrected chi connectivity index (χ2v) is 10.7. The summed E-state index contributed by atoms with van der Waals surface area (Å²) in [6.07, 6.45) is 0.857. The van der Waals surface area contributed by atoms with E-state index in [1.54, 1.807) is 42.5 Å². The molecule has 1 aliphatic heterocycles. The SMILES string of the molecule is CCCOc1ccc(/C(O)=C2\C(=O)C(=O)N(c3nc4ccc(OCC)cc4s3)C2c2ccc(OCC)c(OCC)c2)cc1. The molecule has 1 saturated heterocycles. The highest BCUT2D eigenvalue weighted by molar-refractivity contribution is 7.22. The third kappa shape index (κ3) is 6.01. The highest BCUT2D eigenvalue weighted by Gasteiger charge is 2.48. The number of aromatic nitrogens is 1. The minimum Gasteiger partial charge on any atom is -0.507 e. The van der Waals surface area contributed by atoms with Crippen molar-refractivity contribution >= 4 is 44.1 Å². The Morgan fingerprint density at radius 1 is 0.837 bits per heavy atom. The first kappa shape index (κ1) is 29.9. The standard InChI is InChI=1S/C33H34N2O7S/c1-5-17-42-22-12-9-20(10-13-22)30(36)28-29(21-11-16-25(40-7-3)26(18-21)41-8-4)35(32(38)31(28)37)33-34-24-15-14-23(39-6-2)19-27(24)43-33/h9-16,18-19,29,36H,5-8,17H2,1-4H3/b30-28+. The molecule has 4 aromatic rings. The van der Waals surface area contributed by atoms with Gasteiger partial charge in [-0.1, -0.05) is 24.3 Å². The molecule has 1 fully saturated rings. The van der Waals surface area contributed by atoms with Crippen LogP contribution in [-0.2, 0) is 9.59 Å². The Morgan fingerprint density at radius 2 is 1.53 bits per heavy atom. The van der Waals surface area contributed by atoms with Crippen LogP contribution in [0.15, 0.2) is 66.2 Å². The van der Waals surface area contributed by atoms with Gasteiger partial charge in [0.25, 0.3) is 5.78 Å². The molecule has 1 amide bonds. The zero-order valence-electron chi connectivity index (χ0n) is 24.6. The fourth-order valence-electron chi connectivity index (χ4n) is 4.92. The average molecular weight is 603 g/mol. The number of carbonyl (C=O) groups is 2. The Hall–Kier alpha value is -4.57. The van der Waals surface area contributed by atoms with E-state index in [1.165, 1.54) is 16.2 Å². The van der Waals surface area contributed by atoms with Gasteiger partial charge in [-0.2, -0.15) is 0 Å². The largest absolute Gasteiger partial charge is 0.507 e. The van der Waals surface area contributed by atoms with Crippen molar-refractivity contribution in [2.24, 2.45) is 0 Å². The first-order valence-corrected chi connectivity index (χ1v) is 15.2. The van der Waals surface area contributed by atoms with Gasteiger partial charge in [-0.15, -0.1) is 0 Å². The molecule has 9 nitrogen and oxygen atoms in total. The summed E-state index contributed by atoms with van der Waals surface area (Å²) >= 11 is 1.27. The maximum Gasteiger partial charge on any atom is 0.301 e. The highest BCUT2D eigenvalue weighted by Crippen LogP contribution is 2.46. The van der Waals surface area contributed by atoms with Crippen LogP contribution in [0.25, 0.3) is 16.0 Å². The predicted octanol–water partition coefficient (Wildman–Crippen LogP) is 6.91. The zero-order chi connectivity index (χ0) is 30.5. The molecule has 0 saturated carbocycles. The molecular weight excluding hydrogens is 568 g/mol. The van der Waals surface area contributed by atoms with Gasteiger partial charge in [-0.05, 0) is 87.4 Å². The summed E-state index contributed by atoms with van der Waals surface area (Å²) in [7, 11) is 0. The van der Waals surface area contributed by atoms with Crippen molar-refractivity contribution < 1.29 is 33.6 Å². The van der Waals surface area contributed by atoms with Crippen LogP contribution in [0.4, 0.5) is 5.13 Å². The molecule has 0 bridgehead atoms. The van der Waals surface area contributed by atoms with Crippen molar-refractivity contribution in [2.45, 2.75) is 40.2 Å². The van der Waals surface area contributed by atoms with E-state index in [0.29, 0.717) is 71.2 Å². The highest BCUT2D eigenvalue weighted by atomic mass is 32.1. The normalized spacial score (nSPS) is 16.1. The summed E-state index contributed by atoms with van der Waals surface area (Å²) in [6, 6.07) is 16.6. The van der Waals surface area contributed by atoms with Crippen molar-refractivity contribution in [3.8, 4) is 23.0 Å². The molecule has 2 heterocycles. The second kappa shape index (κ2) is 13.2. The van der Waals surface area contributed by atoms with E-state index >= 15 is 0 Å². The fraction of sp³-hybridized carbons (Fsp3) is 0.303. The number of hydrogen-bond donors (Lipinski definition) is 1. The number of nitrogens with zero attached hydrogens (tertiary/aromatic N) is 2. The summed E-state index contributed by atoms with van der Waals surface area (Å²) in [5, 5.41) is 11.9. The number of Topliss-reactive ketones (excluding diaryl/α,β-unsaturated/α-hetero) is 1. The van der Waals surface area contributed by atoms with E-state index < -0.39 is 17.7 Å². The van der Waals surface area contributed by atoms with Crippen LogP contribution >= 0.6 is 11.3 Å². The molecular formula is C33H34N2O7S. The monoisotopic (exact) mass is 602 g/mol. The van der Waals surface area contributed by atoms with Gasteiger partial charge >= 0.3 is 5.91 Å². The van der Waals surface area contributed by atoms with E-state index in [-0.39, 0.29) is 11.3 Å². The number of fused-ring (bicyclic) bond motifs is 1. The van der Waals surface area contributed by atoms with E-state index in [1.807, 2.05) is 45.9 Å². The van der Waals surface area contributed by atoms with E-state index in [4.69, 9.17) is 23.9 Å². The molecule has 0 aliphatic carbocycles. The minimum absolute atomic E-state index is 0.0481. The van der Waals surface area contributed by atoms with Gasteiger partial charge in [0.15, 0.2) is 16.6 Å². The molecule has 5 rings (SSSR count). The molecule has 1 aliphatic rings. The van der Waals surface area contributed by atoms with Crippen LogP contribution in [0.2, 0.25) is 0 Å². The van der Waals surface area contributed by atoms with Gasteiger partial charge in [0.2, 0.25) is 0 Å². The lowest BCUT2D eigenvalue weighted by Crippen LogP contribution is -2.29. The van der Waals surface area contributed by atoms with Crippen molar-refractivity contribution in [1.29, 1.82) is 0 Å². The summed E-state index contributed by atoms with van der Waals surface area (Å²) < 4.78 is 23.7. The minimum atomic E-state index is -0.974. The van der Waals surface area contributed by atoms with Gasteiger partial charge in [0.05, 0.1) is 48.3 Å². The number of rotatable bonds is 12. The van der Waals surface area contributed by atoms with Crippen molar-refractivity contribution in [3.05, 3.63) is 77.4 Å². The number of hydrogen-bond acceptors (Lipinski definition) is 9.